The summed E-state index contributed by atoms with van der Waals surface area (Å²) >= 11 is 0.938. The van der Waals surface area contributed by atoms with E-state index in [1.54, 1.807) is 49.4 Å². The number of hydrogen-bond acceptors (Lipinski definition) is 10. The number of aliphatic hydroxyl groups excluding tert-OH is 1. The van der Waals surface area contributed by atoms with E-state index in [-0.39, 0.29) is 21.3 Å². The number of anilines is 1. The van der Waals surface area contributed by atoms with Crippen LogP contribution in [0.2, 0.25) is 0 Å². The highest BCUT2D eigenvalue weighted by molar-refractivity contribution is 7.17. The summed E-state index contributed by atoms with van der Waals surface area (Å²) in [7, 11) is 1.26. The van der Waals surface area contributed by atoms with Crippen molar-refractivity contribution in [3.63, 3.8) is 0 Å². The zero-order chi connectivity index (χ0) is 32.5. The van der Waals surface area contributed by atoms with Crippen LogP contribution in [-0.4, -0.2) is 54.7 Å². The topological polar surface area (TPSA) is 124 Å². The van der Waals surface area contributed by atoms with Crippen LogP contribution in [0.3, 0.4) is 0 Å². The van der Waals surface area contributed by atoms with Gasteiger partial charge in [-0.15, -0.1) is 0 Å². The van der Waals surface area contributed by atoms with Gasteiger partial charge in [-0.2, -0.15) is 0 Å². The number of aromatic nitrogens is 1. The molecule has 45 heavy (non-hydrogen) atoms. The van der Waals surface area contributed by atoms with Crippen LogP contribution in [0.25, 0.3) is 5.76 Å². The number of carbonyl (C=O) groups is 3. The lowest BCUT2D eigenvalue weighted by molar-refractivity contribution is -0.132. The molecule has 2 heterocycles. The molecule has 0 radical (unpaired) electrons. The molecular weight excluding hydrogens is 596 g/mol. The number of methoxy groups -OCH3 is 1. The number of aliphatic hydroxyl groups is 1. The van der Waals surface area contributed by atoms with E-state index < -0.39 is 23.7 Å². The smallest absolute Gasteiger partial charge is 0.350 e. The number of aryl methyl sites for hydroxylation is 1. The first-order valence-corrected chi connectivity index (χ1v) is 16.1. The molecule has 2 aromatic carbocycles. The predicted octanol–water partition coefficient (Wildman–Crippen LogP) is 7.01. The molecule has 1 aliphatic heterocycles. The minimum absolute atomic E-state index is 0.119. The van der Waals surface area contributed by atoms with Gasteiger partial charge in [-0.1, -0.05) is 50.5 Å². The summed E-state index contributed by atoms with van der Waals surface area (Å²) < 4.78 is 22.5. The van der Waals surface area contributed by atoms with Gasteiger partial charge in [0, 0.05) is 5.56 Å². The molecule has 1 atom stereocenters. The second kappa shape index (κ2) is 15.6. The fourth-order valence-electron chi connectivity index (χ4n) is 4.93. The van der Waals surface area contributed by atoms with Gasteiger partial charge in [0.15, 0.2) is 16.6 Å². The average molecular weight is 637 g/mol. The van der Waals surface area contributed by atoms with E-state index in [4.69, 9.17) is 18.9 Å². The van der Waals surface area contributed by atoms with Crippen LogP contribution in [0.1, 0.15) is 85.4 Å². The Balaban J connectivity index is 1.83. The molecule has 0 bridgehead atoms. The van der Waals surface area contributed by atoms with Crippen LogP contribution in [0, 0.1) is 6.92 Å². The van der Waals surface area contributed by atoms with Crippen molar-refractivity contribution >= 4 is 39.9 Å². The number of nitrogens with zero attached hydrogens (tertiary/aromatic N) is 2. The van der Waals surface area contributed by atoms with E-state index >= 15 is 0 Å². The molecule has 11 heteroatoms. The van der Waals surface area contributed by atoms with Gasteiger partial charge < -0.3 is 24.1 Å². The maximum Gasteiger partial charge on any atom is 0.350 e. The summed E-state index contributed by atoms with van der Waals surface area (Å²) in [6.07, 6.45) is 4.88. The van der Waals surface area contributed by atoms with Crippen molar-refractivity contribution < 1.29 is 38.4 Å². The van der Waals surface area contributed by atoms with Crippen molar-refractivity contribution in [1.29, 1.82) is 0 Å². The number of rotatable bonds is 15. The van der Waals surface area contributed by atoms with Crippen molar-refractivity contribution in [2.45, 2.75) is 65.8 Å². The minimum atomic E-state index is -1.07. The zero-order valence-corrected chi connectivity index (χ0v) is 27.2. The summed E-state index contributed by atoms with van der Waals surface area (Å²) in [5.74, 6) is -1.12. The molecule has 1 amide bonds. The highest BCUT2D eigenvalue weighted by Gasteiger charge is 2.48. The molecule has 0 spiro atoms. The van der Waals surface area contributed by atoms with Gasteiger partial charge in [0.1, 0.15) is 16.4 Å². The maximum atomic E-state index is 13.7. The quantitative estimate of drug-likeness (QED) is 0.0617. The van der Waals surface area contributed by atoms with Crippen LogP contribution in [0.4, 0.5) is 5.13 Å². The average Bonchev–Trinajstić information content (AvgIpc) is 3.55. The van der Waals surface area contributed by atoms with Crippen molar-refractivity contribution in [1.82, 2.24) is 4.98 Å². The van der Waals surface area contributed by atoms with Crippen LogP contribution in [0.5, 0.6) is 17.2 Å². The largest absolute Gasteiger partial charge is 0.507 e. The molecule has 0 saturated carbocycles. The molecule has 1 saturated heterocycles. The summed E-state index contributed by atoms with van der Waals surface area (Å²) in [4.78, 5) is 45.7. The maximum absolute atomic E-state index is 13.7. The van der Waals surface area contributed by atoms with Gasteiger partial charge in [0.05, 0.1) is 44.2 Å². The second-order valence-corrected chi connectivity index (χ2v) is 11.5. The highest BCUT2D eigenvalue weighted by Crippen LogP contribution is 2.45. The Labute approximate surface area is 267 Å². The number of amides is 1. The highest BCUT2D eigenvalue weighted by atomic mass is 32.1. The molecule has 1 aromatic heterocycles. The number of ether oxygens (including phenoxy) is 4. The number of hydrogen-bond donors (Lipinski definition) is 1. The molecule has 1 fully saturated rings. The van der Waals surface area contributed by atoms with E-state index in [2.05, 4.69) is 18.8 Å². The summed E-state index contributed by atoms with van der Waals surface area (Å²) in [6, 6.07) is 10.8. The zero-order valence-electron chi connectivity index (χ0n) is 26.4. The number of Topliss-reactive ketones (excluding diaryl/α,β-unsaturated/α-hetero) is 1. The van der Waals surface area contributed by atoms with Crippen LogP contribution in [-0.2, 0) is 14.3 Å². The normalized spacial score (nSPS) is 15.8. The third-order valence-electron chi connectivity index (χ3n) is 7.29. The van der Waals surface area contributed by atoms with Crippen LogP contribution < -0.4 is 19.1 Å². The molecular formula is C34H40N2O8S. The number of carbonyl (C=O) groups excluding carboxylic acids is 3. The summed E-state index contributed by atoms with van der Waals surface area (Å²) in [6.45, 7) is 9.10. The Kier molecular flexibility index (Phi) is 11.6. The van der Waals surface area contributed by atoms with Gasteiger partial charge in [0.25, 0.3) is 5.78 Å². The van der Waals surface area contributed by atoms with Gasteiger partial charge >= 0.3 is 11.9 Å². The third kappa shape index (κ3) is 7.47. The number of benzene rings is 2. The van der Waals surface area contributed by atoms with Crippen molar-refractivity contribution in [3.8, 4) is 17.2 Å². The number of esters is 1. The first-order valence-electron chi connectivity index (χ1n) is 15.2. The third-order valence-corrected chi connectivity index (χ3v) is 8.43. The monoisotopic (exact) mass is 636 g/mol. The Hall–Kier alpha value is -4.38. The van der Waals surface area contributed by atoms with Crippen molar-refractivity contribution in [3.05, 3.63) is 69.7 Å². The van der Waals surface area contributed by atoms with E-state index in [0.717, 1.165) is 43.4 Å². The Morgan fingerprint density at radius 3 is 2.31 bits per heavy atom. The first kappa shape index (κ1) is 33.5. The number of unbranched alkanes of at least 4 members (excludes halogenated alkanes) is 3. The van der Waals surface area contributed by atoms with Gasteiger partial charge in [-0.05, 0) is 68.7 Å². The predicted molar refractivity (Wildman–Crippen MR) is 172 cm³/mol. The Bertz CT molecular complexity index is 1550. The Morgan fingerprint density at radius 1 is 0.933 bits per heavy atom. The fraction of sp³-hybridized carbons (Fsp3) is 0.412. The summed E-state index contributed by atoms with van der Waals surface area (Å²) in [5.41, 5.74) is 1.07. The van der Waals surface area contributed by atoms with Gasteiger partial charge in [-0.25, -0.2) is 9.78 Å². The summed E-state index contributed by atoms with van der Waals surface area (Å²) in [5, 5.41) is 11.7. The molecule has 0 aliphatic carbocycles. The minimum Gasteiger partial charge on any atom is -0.507 e. The molecule has 10 nitrogen and oxygen atoms in total. The van der Waals surface area contributed by atoms with E-state index in [9.17, 15) is 19.5 Å². The molecule has 1 N–H and O–H groups in total. The lowest BCUT2D eigenvalue weighted by Crippen LogP contribution is -2.29. The van der Waals surface area contributed by atoms with E-state index in [1.807, 2.05) is 6.92 Å². The standard InChI is InChI=1S/C34H40N2O8S/c1-6-9-11-19-44-25-17-14-23(20-26(25)42-8-3)28-27(29(37)22-12-15-24(16-13-22)43-18-10-7-2)30(38)32(39)36(28)34-35-21(4)31(45-34)33(40)41-5/h12-17,20,28,37H,6-11,18-19H2,1-5H3/b29-27+. The van der Waals surface area contributed by atoms with Crippen LogP contribution >= 0.6 is 11.3 Å². The number of ketones is 1. The van der Waals surface area contributed by atoms with Gasteiger partial charge in [0.2, 0.25) is 0 Å². The SMILES string of the molecule is CCCCCOc1ccc(C2/C(=C(\O)c3ccc(OCCCC)cc3)C(=O)C(=O)N2c2nc(C)c(C(=O)OC)s2)cc1OCC. The second-order valence-electron chi connectivity index (χ2n) is 10.5. The Morgan fingerprint density at radius 2 is 1.64 bits per heavy atom. The molecule has 1 unspecified atom stereocenters. The van der Waals surface area contributed by atoms with Crippen molar-refractivity contribution in [2.75, 3.05) is 31.8 Å². The van der Waals surface area contributed by atoms with Crippen LogP contribution in [0.15, 0.2) is 48.0 Å². The lowest BCUT2D eigenvalue weighted by Gasteiger charge is -2.24. The molecule has 4 rings (SSSR count). The van der Waals surface area contributed by atoms with Crippen molar-refractivity contribution in [2.24, 2.45) is 0 Å². The lowest BCUT2D eigenvalue weighted by atomic mass is 9.95. The van der Waals surface area contributed by atoms with Gasteiger partial charge in [-0.3, -0.25) is 14.5 Å². The molecule has 240 valence electrons. The first-order chi connectivity index (χ1) is 21.7. The molecule has 1 aliphatic rings. The van der Waals surface area contributed by atoms with E-state index in [1.165, 1.54) is 12.0 Å². The molecule has 3 aromatic rings. The number of thiazole rings is 1. The van der Waals surface area contributed by atoms with E-state index in [0.29, 0.717) is 53.9 Å². The fourth-order valence-corrected chi connectivity index (χ4v) is 5.94.